The third kappa shape index (κ3) is 2.69. The molecule has 0 aliphatic carbocycles. The fourth-order valence-corrected chi connectivity index (χ4v) is 5.44. The average Bonchev–Trinajstić information content (AvgIpc) is 2.99. The van der Waals surface area contributed by atoms with E-state index in [1.165, 1.54) is 92.0 Å². The van der Waals surface area contributed by atoms with Gasteiger partial charge < -0.3 is 8.96 Å². The molecule has 0 N–H and O–H groups in total. The van der Waals surface area contributed by atoms with Crippen LogP contribution in [0.25, 0.3) is 21.8 Å². The van der Waals surface area contributed by atoms with E-state index in [0.29, 0.717) is 0 Å². The van der Waals surface area contributed by atoms with E-state index in [-0.39, 0.29) is 0 Å². The van der Waals surface area contributed by atoms with Crippen LogP contribution in [0.3, 0.4) is 0 Å². The molecule has 0 bridgehead atoms. The molecule has 1 spiro atoms. The van der Waals surface area contributed by atoms with Crippen LogP contribution in [0, 0.1) is 0 Å². The van der Waals surface area contributed by atoms with Crippen LogP contribution in [0.2, 0.25) is 5.82 Å². The number of nitrogens with zero attached hydrogens (tertiary/aromatic N) is 2. The molecular weight excluding hydrogens is 303 g/mol. The maximum Gasteiger partial charge on any atom is 0.245 e. The Morgan fingerprint density at radius 3 is 1.88 bits per heavy atom. The molecule has 2 saturated heterocycles. The van der Waals surface area contributed by atoms with Gasteiger partial charge in [0.15, 0.2) is 0 Å². The summed E-state index contributed by atoms with van der Waals surface area (Å²) >= 11 is 0. The summed E-state index contributed by atoms with van der Waals surface area (Å²) < 4.78 is 4.03. The highest BCUT2D eigenvalue weighted by Gasteiger charge is 2.35. The Labute approximate surface area is 151 Å². The normalized spacial score (nSPS) is 21.1. The van der Waals surface area contributed by atoms with Crippen LogP contribution in [0.5, 0.6) is 0 Å². The van der Waals surface area contributed by atoms with Gasteiger partial charge in [0.05, 0.1) is 26.2 Å². The van der Waals surface area contributed by atoms with Crippen molar-refractivity contribution in [3.8, 4) is 0 Å². The zero-order chi connectivity index (χ0) is 16.7. The average molecular weight is 331 g/mol. The molecule has 1 aromatic heterocycles. The lowest BCUT2D eigenvalue weighted by atomic mass is 9.68. The van der Waals surface area contributed by atoms with Crippen molar-refractivity contribution in [1.82, 2.24) is 4.48 Å². The van der Waals surface area contributed by atoms with Crippen molar-refractivity contribution in [1.29, 1.82) is 0 Å². The molecule has 2 aliphatic heterocycles. The van der Waals surface area contributed by atoms with Gasteiger partial charge in [-0.15, -0.1) is 0 Å². The minimum atomic E-state index is 0.838. The summed E-state index contributed by atoms with van der Waals surface area (Å²) in [6.45, 7) is 5.73. The van der Waals surface area contributed by atoms with Gasteiger partial charge in [0, 0.05) is 21.8 Å². The van der Waals surface area contributed by atoms with Gasteiger partial charge in [-0.25, -0.2) is 0 Å². The number of fused-ring (bicyclic) bond motifs is 3. The second-order valence-electron chi connectivity index (χ2n) is 8.39. The Kier molecular flexibility index (Phi) is 3.85. The lowest BCUT2D eigenvalue weighted by molar-refractivity contribution is -0.936. The fraction of sp³-hybridized carbons (Fsp3) is 0.455. The van der Waals surface area contributed by atoms with E-state index in [0.717, 1.165) is 5.82 Å². The van der Waals surface area contributed by atoms with Crippen molar-refractivity contribution in [2.75, 3.05) is 26.2 Å². The first-order valence-electron chi connectivity index (χ1n) is 10.2. The minimum Gasteiger partial charge on any atom is -0.389 e. The quantitative estimate of drug-likeness (QED) is 0.479. The third-order valence-electron chi connectivity index (χ3n) is 6.91. The monoisotopic (exact) mass is 331 g/mol. The summed E-state index contributed by atoms with van der Waals surface area (Å²) in [4.78, 5) is 0. The number of benzene rings is 2. The molecular formula is C22H28BN2+. The molecule has 0 unspecified atom stereocenters. The van der Waals surface area contributed by atoms with Crippen LogP contribution >= 0.6 is 0 Å². The standard InChI is InChI=1S/C22H28BN2/c1-6-14-25(15-7-1)16-12-18(13-17-25)23-24-21-10-4-2-8-19(21)20-9-3-5-11-22(20)24/h2-5,8-11,18,23H,1,6-7,12-17H2/q+1. The fourth-order valence-electron chi connectivity index (χ4n) is 5.44. The van der Waals surface area contributed by atoms with Crippen molar-refractivity contribution < 1.29 is 4.48 Å². The van der Waals surface area contributed by atoms with Gasteiger partial charge in [-0.3, -0.25) is 0 Å². The van der Waals surface area contributed by atoms with E-state index in [1.807, 2.05) is 0 Å². The highest BCUT2D eigenvalue weighted by molar-refractivity contribution is 6.41. The number of rotatable bonds is 2. The molecule has 2 nitrogen and oxygen atoms in total. The third-order valence-corrected chi connectivity index (χ3v) is 6.91. The van der Waals surface area contributed by atoms with Crippen molar-refractivity contribution in [2.24, 2.45) is 0 Å². The molecule has 2 fully saturated rings. The minimum absolute atomic E-state index is 0.838. The maximum atomic E-state index is 2.60. The lowest BCUT2D eigenvalue weighted by Gasteiger charge is -2.46. The molecule has 128 valence electrons. The molecule has 0 atom stereocenters. The summed E-state index contributed by atoms with van der Waals surface area (Å²) in [6.07, 6.45) is 7.18. The van der Waals surface area contributed by atoms with Crippen LogP contribution in [0.1, 0.15) is 32.1 Å². The zero-order valence-electron chi connectivity index (χ0n) is 15.2. The predicted octanol–water partition coefficient (Wildman–Crippen LogP) is 4.58. The zero-order valence-corrected chi connectivity index (χ0v) is 15.2. The second-order valence-corrected chi connectivity index (χ2v) is 8.39. The lowest BCUT2D eigenvalue weighted by Crippen LogP contribution is -2.55. The van der Waals surface area contributed by atoms with E-state index < -0.39 is 0 Å². The highest BCUT2D eigenvalue weighted by atomic mass is 15.4. The molecule has 0 radical (unpaired) electrons. The van der Waals surface area contributed by atoms with Gasteiger partial charge >= 0.3 is 0 Å². The number of hydrogen-bond acceptors (Lipinski definition) is 0. The van der Waals surface area contributed by atoms with Crippen molar-refractivity contribution in [3.05, 3.63) is 48.5 Å². The van der Waals surface area contributed by atoms with Gasteiger partial charge in [0.2, 0.25) is 7.41 Å². The van der Waals surface area contributed by atoms with E-state index in [9.17, 15) is 0 Å². The highest BCUT2D eigenvalue weighted by Crippen LogP contribution is 2.34. The number of quaternary nitrogens is 1. The van der Waals surface area contributed by atoms with Gasteiger partial charge in [-0.1, -0.05) is 36.4 Å². The van der Waals surface area contributed by atoms with Gasteiger partial charge in [-0.05, 0) is 50.1 Å². The smallest absolute Gasteiger partial charge is 0.245 e. The molecule has 2 aliphatic rings. The SMILES string of the molecule is B(C1CC[N+]2(CCCCC2)CC1)n1c2ccccc2c2ccccc21. The Morgan fingerprint density at radius 2 is 1.28 bits per heavy atom. The van der Waals surface area contributed by atoms with Gasteiger partial charge in [0.25, 0.3) is 0 Å². The molecule has 25 heavy (non-hydrogen) atoms. The summed E-state index contributed by atoms with van der Waals surface area (Å²) in [6, 6.07) is 17.9. The van der Waals surface area contributed by atoms with Crippen LogP contribution in [-0.2, 0) is 0 Å². The number of aromatic nitrogens is 1. The predicted molar refractivity (Wildman–Crippen MR) is 109 cm³/mol. The topological polar surface area (TPSA) is 4.93 Å². The van der Waals surface area contributed by atoms with Crippen molar-refractivity contribution in [2.45, 2.75) is 37.9 Å². The van der Waals surface area contributed by atoms with Crippen LogP contribution < -0.4 is 0 Å². The molecule has 3 heterocycles. The Bertz CT molecular complexity index is 828. The largest absolute Gasteiger partial charge is 0.389 e. The molecule has 0 saturated carbocycles. The van der Waals surface area contributed by atoms with Crippen LogP contribution in [-0.4, -0.2) is 42.6 Å². The molecule has 0 amide bonds. The molecule has 3 heteroatoms. The Hall–Kier alpha value is -1.74. The molecule has 3 aromatic rings. The van der Waals surface area contributed by atoms with Crippen molar-refractivity contribution >= 4 is 29.2 Å². The Morgan fingerprint density at radius 1 is 0.720 bits per heavy atom. The van der Waals surface area contributed by atoms with E-state index in [4.69, 9.17) is 0 Å². The summed E-state index contributed by atoms with van der Waals surface area (Å²) in [5.41, 5.74) is 2.83. The summed E-state index contributed by atoms with van der Waals surface area (Å²) in [5.74, 6) is 0.838. The maximum absolute atomic E-state index is 2.60. The number of para-hydroxylation sites is 2. The first-order valence-corrected chi connectivity index (χ1v) is 10.2. The first-order chi connectivity index (χ1) is 12.3. The summed E-state index contributed by atoms with van der Waals surface area (Å²) in [5, 5.41) is 2.82. The van der Waals surface area contributed by atoms with E-state index >= 15 is 0 Å². The molecule has 5 rings (SSSR count). The number of hydrogen-bond donors (Lipinski definition) is 0. The summed E-state index contributed by atoms with van der Waals surface area (Å²) in [7, 11) is 1.19. The second kappa shape index (κ2) is 6.21. The first kappa shape index (κ1) is 15.5. The van der Waals surface area contributed by atoms with Crippen molar-refractivity contribution in [3.63, 3.8) is 0 Å². The van der Waals surface area contributed by atoms with E-state index in [1.54, 1.807) is 0 Å². The van der Waals surface area contributed by atoms with Gasteiger partial charge in [0.1, 0.15) is 0 Å². The molecule has 2 aromatic carbocycles. The van der Waals surface area contributed by atoms with Gasteiger partial charge in [-0.2, -0.15) is 0 Å². The van der Waals surface area contributed by atoms with E-state index in [2.05, 4.69) is 53.0 Å². The number of piperidine rings is 2. The van der Waals surface area contributed by atoms with Crippen LogP contribution in [0.4, 0.5) is 0 Å². The van der Waals surface area contributed by atoms with Crippen LogP contribution in [0.15, 0.2) is 48.5 Å². The Balaban J connectivity index is 1.42.